The summed E-state index contributed by atoms with van der Waals surface area (Å²) in [6.07, 6.45) is 2.50. The Morgan fingerprint density at radius 1 is 1.05 bits per heavy atom. The van der Waals surface area contributed by atoms with Crippen molar-refractivity contribution in [3.8, 4) is 0 Å². The molecule has 0 aromatic rings. The second-order valence-electron chi connectivity index (χ2n) is 13.9. The second-order valence-corrected chi connectivity index (χ2v) is 13.9. The zero-order valence-corrected chi connectivity index (χ0v) is 28.0. The van der Waals surface area contributed by atoms with Crippen LogP contribution in [0.2, 0.25) is 0 Å². The number of carbonyl (C=O) groups is 3. The Morgan fingerprint density at radius 3 is 2.39 bits per heavy atom. The minimum atomic E-state index is -0.675. The summed E-state index contributed by atoms with van der Waals surface area (Å²) in [5, 5.41) is 0. The zero-order chi connectivity index (χ0) is 32.1. The van der Waals surface area contributed by atoms with E-state index in [2.05, 4.69) is 20.8 Å². The van der Waals surface area contributed by atoms with Gasteiger partial charge in [-0.25, -0.2) is 4.79 Å². The summed E-state index contributed by atoms with van der Waals surface area (Å²) in [6.45, 7) is 17.4. The summed E-state index contributed by atoms with van der Waals surface area (Å²) >= 11 is 0. The number of rotatable bonds is 6. The molecule has 9 nitrogen and oxygen atoms in total. The second kappa shape index (κ2) is 12.5. The van der Waals surface area contributed by atoms with Gasteiger partial charge in [-0.3, -0.25) is 9.59 Å². The maximum atomic E-state index is 13.3. The molecule has 6 rings (SSSR count). The van der Waals surface area contributed by atoms with Crippen molar-refractivity contribution in [3.63, 3.8) is 0 Å². The Bertz CT molecular complexity index is 1200. The van der Waals surface area contributed by atoms with E-state index < -0.39 is 29.0 Å². The van der Waals surface area contributed by atoms with E-state index in [1.54, 1.807) is 19.9 Å². The molecule has 0 radical (unpaired) electrons. The highest BCUT2D eigenvalue weighted by atomic mass is 16.6. The van der Waals surface area contributed by atoms with Gasteiger partial charge in [0, 0.05) is 54.6 Å². The van der Waals surface area contributed by atoms with Gasteiger partial charge < -0.3 is 28.4 Å². The molecule has 0 aromatic heterocycles. The maximum absolute atomic E-state index is 13.3. The fourth-order valence-corrected chi connectivity index (χ4v) is 9.96. The Labute approximate surface area is 262 Å². The highest BCUT2D eigenvalue weighted by molar-refractivity contribution is 5.87. The molecule has 0 bridgehead atoms. The maximum Gasteiger partial charge on any atom is 0.333 e. The van der Waals surface area contributed by atoms with Gasteiger partial charge >= 0.3 is 17.9 Å². The molecule has 5 fully saturated rings. The minimum Gasteiger partial charge on any atom is -0.469 e. The fourth-order valence-electron chi connectivity index (χ4n) is 9.96. The summed E-state index contributed by atoms with van der Waals surface area (Å²) in [5.74, 6) is -0.703. The largest absolute Gasteiger partial charge is 0.469 e. The molecule has 3 saturated heterocycles. The Balaban J connectivity index is 0.00000188. The topological polar surface area (TPSA) is 107 Å². The average Bonchev–Trinajstić information content (AvgIpc) is 3.79. The number of methoxy groups -OCH3 is 1. The van der Waals surface area contributed by atoms with E-state index in [0.29, 0.717) is 30.4 Å². The van der Waals surface area contributed by atoms with Gasteiger partial charge in [-0.2, -0.15) is 0 Å². The summed E-state index contributed by atoms with van der Waals surface area (Å²) in [4.78, 5) is 38.8. The molecular formula is C35H52O9. The Kier molecular flexibility index (Phi) is 9.43. The molecule has 0 N–H and O–H groups in total. The van der Waals surface area contributed by atoms with Crippen molar-refractivity contribution < 1.29 is 42.8 Å². The number of fused-ring (bicyclic) bond motifs is 4. The number of carbonyl (C=O) groups excluding carboxylic acids is 3. The molecule has 44 heavy (non-hydrogen) atoms. The van der Waals surface area contributed by atoms with Crippen LogP contribution in [-0.2, 0) is 42.8 Å². The first kappa shape index (κ1) is 33.1. The molecule has 4 unspecified atom stereocenters. The Hall–Kier alpha value is -2.23. The lowest BCUT2D eigenvalue weighted by Gasteiger charge is -2.62. The predicted molar refractivity (Wildman–Crippen MR) is 162 cm³/mol. The van der Waals surface area contributed by atoms with Crippen LogP contribution in [0.15, 0.2) is 22.8 Å². The molecule has 3 aliphatic carbocycles. The molecule has 6 aliphatic rings. The van der Waals surface area contributed by atoms with E-state index in [1.165, 1.54) is 25.2 Å². The highest BCUT2D eigenvalue weighted by Crippen LogP contribution is 2.70. The van der Waals surface area contributed by atoms with Crippen LogP contribution in [-0.4, -0.2) is 75.4 Å². The lowest BCUT2D eigenvalue weighted by atomic mass is 9.43. The van der Waals surface area contributed by atoms with E-state index in [4.69, 9.17) is 28.4 Å². The molecule has 9 heteroatoms. The first-order valence-electron chi connectivity index (χ1n) is 16.6. The van der Waals surface area contributed by atoms with E-state index in [1.807, 2.05) is 13.8 Å². The molecule has 0 aromatic carbocycles. The average molecular weight is 617 g/mol. The predicted octanol–water partition coefficient (Wildman–Crippen LogP) is 5.20. The van der Waals surface area contributed by atoms with Crippen molar-refractivity contribution in [3.05, 3.63) is 22.8 Å². The number of allylic oxidation sites excluding steroid dienone is 2. The van der Waals surface area contributed by atoms with Crippen LogP contribution in [0.3, 0.4) is 0 Å². The standard InChI is InChI=1S/C33H46O9.C2H6/c1-8-16(2)31(36)42-24-13-23(40-18(4)34)32(5)15-39-29-28-27(21(12-25(35)37-7)33(24,6)30(29)32)26-17(3)20(11-22(26)41-28)19-9-10-38-14-19;1-2/h8,19-24,27-30H,9-15H2,1-7H3;1-2H3/b16-8+;/t19?,20?,21-,22+,23+,24-,27?,28-,29-,30?,32+,33-;/m0./s1. The molecule has 3 aliphatic heterocycles. The third-order valence-corrected chi connectivity index (χ3v) is 12.0. The zero-order valence-electron chi connectivity index (χ0n) is 28.0. The highest BCUT2D eigenvalue weighted by Gasteiger charge is 2.75. The van der Waals surface area contributed by atoms with Crippen LogP contribution in [0.25, 0.3) is 0 Å². The van der Waals surface area contributed by atoms with Crippen molar-refractivity contribution in [1.29, 1.82) is 0 Å². The van der Waals surface area contributed by atoms with Gasteiger partial charge in [-0.1, -0.05) is 39.3 Å². The summed E-state index contributed by atoms with van der Waals surface area (Å²) in [5.41, 5.74) is 1.93. The summed E-state index contributed by atoms with van der Waals surface area (Å²) < 4.78 is 37.0. The Morgan fingerprint density at radius 2 is 1.77 bits per heavy atom. The smallest absolute Gasteiger partial charge is 0.333 e. The molecule has 0 amide bonds. The van der Waals surface area contributed by atoms with Gasteiger partial charge in [0.2, 0.25) is 0 Å². The third-order valence-electron chi connectivity index (χ3n) is 12.0. The molecule has 3 heterocycles. The quantitative estimate of drug-likeness (QED) is 0.172. The molecule has 0 spiro atoms. The van der Waals surface area contributed by atoms with Crippen LogP contribution < -0.4 is 0 Å². The lowest BCUT2D eigenvalue weighted by molar-refractivity contribution is -0.236. The minimum absolute atomic E-state index is 0.0412. The van der Waals surface area contributed by atoms with Crippen molar-refractivity contribution in [2.24, 2.45) is 40.4 Å². The van der Waals surface area contributed by atoms with Crippen LogP contribution >= 0.6 is 0 Å². The van der Waals surface area contributed by atoms with E-state index >= 15 is 0 Å². The van der Waals surface area contributed by atoms with E-state index in [0.717, 1.165) is 26.1 Å². The monoisotopic (exact) mass is 616 g/mol. The first-order chi connectivity index (χ1) is 20.9. The summed E-state index contributed by atoms with van der Waals surface area (Å²) in [7, 11) is 1.42. The lowest BCUT2D eigenvalue weighted by Crippen LogP contribution is -2.68. The summed E-state index contributed by atoms with van der Waals surface area (Å²) in [6, 6.07) is 0. The molecule has 12 atom stereocenters. The third kappa shape index (κ3) is 5.05. The van der Waals surface area contributed by atoms with Gasteiger partial charge in [0.1, 0.15) is 12.2 Å². The van der Waals surface area contributed by atoms with Crippen molar-refractivity contribution >= 4 is 17.9 Å². The molecular weight excluding hydrogens is 564 g/mol. The van der Waals surface area contributed by atoms with Crippen LogP contribution in [0.1, 0.15) is 81.1 Å². The van der Waals surface area contributed by atoms with Gasteiger partial charge in [0.15, 0.2) is 0 Å². The van der Waals surface area contributed by atoms with Crippen molar-refractivity contribution in [2.45, 2.75) is 112 Å². The van der Waals surface area contributed by atoms with Crippen LogP contribution in [0, 0.1) is 40.4 Å². The first-order valence-corrected chi connectivity index (χ1v) is 16.6. The van der Waals surface area contributed by atoms with Crippen LogP contribution in [0.4, 0.5) is 0 Å². The number of esters is 3. The van der Waals surface area contributed by atoms with Gasteiger partial charge in [0.05, 0.1) is 38.6 Å². The number of hydrogen-bond donors (Lipinski definition) is 0. The molecule has 2 saturated carbocycles. The van der Waals surface area contributed by atoms with Gasteiger partial charge in [-0.15, -0.1) is 0 Å². The van der Waals surface area contributed by atoms with E-state index in [-0.39, 0.29) is 54.4 Å². The number of hydrogen-bond acceptors (Lipinski definition) is 9. The van der Waals surface area contributed by atoms with Crippen molar-refractivity contribution in [2.75, 3.05) is 26.9 Å². The SMILES string of the molecule is C/C=C(\C)C(=O)O[C@H]1C[C@@H](OC(C)=O)[C@@]2(C)CO[C@@H]3C2[C@@]1(C)[C@@H](CC(=O)OC)C1C2=C(C)C(C4CCOC4)C[C@H]2O[C@@H]13.CC. The van der Waals surface area contributed by atoms with Gasteiger partial charge in [0.25, 0.3) is 0 Å². The van der Waals surface area contributed by atoms with Crippen LogP contribution in [0.5, 0.6) is 0 Å². The fraction of sp³-hybridized carbons (Fsp3) is 0.800. The molecule has 246 valence electrons. The normalized spacial score (nSPS) is 43.8. The number of ether oxygens (including phenoxy) is 6. The van der Waals surface area contributed by atoms with E-state index in [9.17, 15) is 14.4 Å². The van der Waals surface area contributed by atoms with Gasteiger partial charge in [-0.05, 0) is 56.9 Å². The van der Waals surface area contributed by atoms with Crippen molar-refractivity contribution in [1.82, 2.24) is 0 Å².